The zero-order chi connectivity index (χ0) is 10.7. The van der Waals surface area contributed by atoms with E-state index in [4.69, 9.17) is 5.11 Å². The first kappa shape index (κ1) is 12.2. The highest BCUT2D eigenvalue weighted by molar-refractivity contribution is 5.88. The summed E-state index contributed by atoms with van der Waals surface area (Å²) in [7, 11) is 0. The third-order valence-electron chi connectivity index (χ3n) is 2.09. The topological polar surface area (TPSA) is 50.2 Å². The zero-order valence-corrected chi connectivity index (χ0v) is 9.15. The summed E-state index contributed by atoms with van der Waals surface area (Å²) in [4.78, 5) is 14.8. The van der Waals surface area contributed by atoms with E-state index in [1.54, 1.807) is 30.5 Å². The molecule has 0 aliphatic heterocycles. The maximum absolute atomic E-state index is 10.6. The Morgan fingerprint density at radius 2 is 1.75 bits per heavy atom. The number of carbonyl (C=O) groups is 1. The minimum Gasteiger partial charge on any atom is -0.478 e. The molecule has 0 fully saturated rings. The number of benzene rings is 1. The minimum atomic E-state index is -0.914. The fourth-order valence-electron chi connectivity index (χ4n) is 1.32. The van der Waals surface area contributed by atoms with Crippen LogP contribution in [-0.4, -0.2) is 16.1 Å². The molecule has 16 heavy (non-hydrogen) atoms. The zero-order valence-electron chi connectivity index (χ0n) is 8.33. The molecule has 82 valence electrons. The van der Waals surface area contributed by atoms with E-state index in [-0.39, 0.29) is 18.0 Å². The van der Waals surface area contributed by atoms with Gasteiger partial charge in [0.1, 0.15) is 0 Å². The number of pyridine rings is 1. The van der Waals surface area contributed by atoms with Gasteiger partial charge in [-0.2, -0.15) is 0 Å². The van der Waals surface area contributed by atoms with Crippen LogP contribution in [-0.2, 0) is 0 Å². The van der Waals surface area contributed by atoms with Gasteiger partial charge in [-0.05, 0) is 24.3 Å². The van der Waals surface area contributed by atoms with E-state index in [9.17, 15) is 4.79 Å². The van der Waals surface area contributed by atoms with E-state index in [0.717, 1.165) is 11.3 Å². The van der Waals surface area contributed by atoms with Crippen LogP contribution < -0.4 is 0 Å². The van der Waals surface area contributed by atoms with Gasteiger partial charge in [0.2, 0.25) is 0 Å². The van der Waals surface area contributed by atoms with Gasteiger partial charge in [-0.1, -0.05) is 18.2 Å². The molecule has 2 rings (SSSR count). The van der Waals surface area contributed by atoms with E-state index in [2.05, 4.69) is 4.98 Å². The van der Waals surface area contributed by atoms with Gasteiger partial charge in [-0.3, -0.25) is 4.98 Å². The minimum absolute atomic E-state index is 0. The van der Waals surface area contributed by atoms with Crippen molar-refractivity contribution in [2.45, 2.75) is 0 Å². The smallest absolute Gasteiger partial charge is 0.335 e. The Kier molecular flexibility index (Phi) is 4.03. The van der Waals surface area contributed by atoms with Crippen LogP contribution in [0.1, 0.15) is 10.4 Å². The van der Waals surface area contributed by atoms with Crippen LogP contribution in [0, 0.1) is 0 Å². The Bertz CT molecular complexity index is 468. The second-order valence-corrected chi connectivity index (χ2v) is 3.10. The summed E-state index contributed by atoms with van der Waals surface area (Å²) in [5.41, 5.74) is 2.05. The highest BCUT2D eigenvalue weighted by Crippen LogP contribution is 2.16. The van der Waals surface area contributed by atoms with Gasteiger partial charge >= 0.3 is 5.97 Å². The van der Waals surface area contributed by atoms with Crippen molar-refractivity contribution in [1.82, 2.24) is 4.98 Å². The van der Waals surface area contributed by atoms with E-state index in [1.807, 2.05) is 18.2 Å². The van der Waals surface area contributed by atoms with Crippen molar-refractivity contribution in [3.05, 3.63) is 54.2 Å². The van der Waals surface area contributed by atoms with Crippen molar-refractivity contribution < 1.29 is 9.90 Å². The number of carboxylic acids is 1. The summed E-state index contributed by atoms with van der Waals surface area (Å²) in [6, 6.07) is 12.3. The van der Waals surface area contributed by atoms with Gasteiger partial charge < -0.3 is 5.11 Å². The molecule has 0 saturated heterocycles. The van der Waals surface area contributed by atoms with Gasteiger partial charge in [0, 0.05) is 11.8 Å². The van der Waals surface area contributed by atoms with Crippen LogP contribution in [0.3, 0.4) is 0 Å². The molecule has 0 aliphatic carbocycles. The van der Waals surface area contributed by atoms with Crippen LogP contribution >= 0.6 is 12.4 Å². The first-order chi connectivity index (χ1) is 7.27. The lowest BCUT2D eigenvalue weighted by molar-refractivity contribution is 0.0697. The molecule has 1 aromatic heterocycles. The molecule has 0 saturated carbocycles. The van der Waals surface area contributed by atoms with E-state index >= 15 is 0 Å². The Labute approximate surface area is 99.2 Å². The predicted molar refractivity (Wildman–Crippen MR) is 63.9 cm³/mol. The molecular weight excluding hydrogens is 226 g/mol. The molecular formula is C12H10ClNO2. The van der Waals surface area contributed by atoms with Gasteiger partial charge in [0.15, 0.2) is 0 Å². The summed E-state index contributed by atoms with van der Waals surface area (Å²) in [5, 5.41) is 8.73. The fourth-order valence-corrected chi connectivity index (χ4v) is 1.32. The monoisotopic (exact) mass is 235 g/mol. The summed E-state index contributed by atoms with van der Waals surface area (Å²) in [6.45, 7) is 0. The molecule has 2 aromatic rings. The summed E-state index contributed by atoms with van der Waals surface area (Å²) in [5.74, 6) is -0.914. The Morgan fingerprint density at radius 3 is 2.25 bits per heavy atom. The number of aromatic nitrogens is 1. The second-order valence-electron chi connectivity index (χ2n) is 3.10. The van der Waals surface area contributed by atoms with Gasteiger partial charge in [0.25, 0.3) is 0 Å². The lowest BCUT2D eigenvalue weighted by Crippen LogP contribution is -1.95. The number of hydrogen-bond acceptors (Lipinski definition) is 2. The maximum atomic E-state index is 10.6. The highest BCUT2D eigenvalue weighted by Gasteiger charge is 2.02. The number of hydrogen-bond donors (Lipinski definition) is 1. The molecule has 1 heterocycles. The first-order valence-corrected chi connectivity index (χ1v) is 4.52. The number of carboxylic acid groups (broad SMARTS) is 1. The van der Waals surface area contributed by atoms with E-state index in [0.29, 0.717) is 0 Å². The van der Waals surface area contributed by atoms with Crippen LogP contribution in [0.15, 0.2) is 48.7 Å². The number of aromatic carboxylic acids is 1. The Hall–Kier alpha value is -1.87. The number of nitrogens with zero attached hydrogens (tertiary/aromatic N) is 1. The molecule has 1 N–H and O–H groups in total. The van der Waals surface area contributed by atoms with Crippen LogP contribution in [0.25, 0.3) is 11.3 Å². The van der Waals surface area contributed by atoms with Crippen LogP contribution in [0.4, 0.5) is 0 Å². The summed E-state index contributed by atoms with van der Waals surface area (Å²) < 4.78 is 0. The standard InChI is InChI=1S/C12H9NO2.ClH/c14-12(15)10-6-4-9(5-7-10)11-3-1-2-8-13-11;/h1-8H,(H,14,15);1H. The lowest BCUT2D eigenvalue weighted by Gasteiger charge is -2.00. The van der Waals surface area contributed by atoms with Crippen LogP contribution in [0.5, 0.6) is 0 Å². The number of rotatable bonds is 2. The van der Waals surface area contributed by atoms with Crippen molar-refractivity contribution in [2.75, 3.05) is 0 Å². The maximum Gasteiger partial charge on any atom is 0.335 e. The molecule has 0 atom stereocenters. The third kappa shape index (κ3) is 2.58. The van der Waals surface area contributed by atoms with Crippen molar-refractivity contribution in [1.29, 1.82) is 0 Å². The van der Waals surface area contributed by atoms with Crippen molar-refractivity contribution in [3.63, 3.8) is 0 Å². The largest absolute Gasteiger partial charge is 0.478 e. The van der Waals surface area contributed by atoms with E-state index < -0.39 is 5.97 Å². The fraction of sp³-hybridized carbons (Fsp3) is 0. The van der Waals surface area contributed by atoms with Gasteiger partial charge in [-0.25, -0.2) is 4.79 Å². The van der Waals surface area contributed by atoms with Crippen molar-refractivity contribution in [2.24, 2.45) is 0 Å². The lowest BCUT2D eigenvalue weighted by atomic mass is 10.1. The van der Waals surface area contributed by atoms with Crippen molar-refractivity contribution >= 4 is 18.4 Å². The molecule has 0 amide bonds. The SMILES string of the molecule is Cl.O=C(O)c1ccc(-c2ccccn2)cc1. The molecule has 0 radical (unpaired) electrons. The van der Waals surface area contributed by atoms with Gasteiger partial charge in [0.05, 0.1) is 11.3 Å². The molecule has 0 bridgehead atoms. The average molecular weight is 236 g/mol. The Morgan fingerprint density at radius 1 is 1.06 bits per heavy atom. The molecule has 4 heteroatoms. The molecule has 3 nitrogen and oxygen atoms in total. The first-order valence-electron chi connectivity index (χ1n) is 4.52. The highest BCUT2D eigenvalue weighted by atomic mass is 35.5. The third-order valence-corrected chi connectivity index (χ3v) is 2.09. The molecule has 0 unspecified atom stereocenters. The summed E-state index contributed by atoms with van der Waals surface area (Å²) >= 11 is 0. The normalized spacial score (nSPS) is 9.25. The van der Waals surface area contributed by atoms with Crippen LogP contribution in [0.2, 0.25) is 0 Å². The number of halogens is 1. The molecule has 0 spiro atoms. The molecule has 1 aromatic carbocycles. The Balaban J connectivity index is 0.00000128. The summed E-state index contributed by atoms with van der Waals surface area (Å²) in [6.07, 6.45) is 1.71. The van der Waals surface area contributed by atoms with Crippen molar-refractivity contribution in [3.8, 4) is 11.3 Å². The quantitative estimate of drug-likeness (QED) is 0.871. The van der Waals surface area contributed by atoms with Gasteiger partial charge in [-0.15, -0.1) is 12.4 Å². The van der Waals surface area contributed by atoms with E-state index in [1.165, 1.54) is 0 Å². The predicted octanol–water partition coefficient (Wildman–Crippen LogP) is 2.87. The molecule has 0 aliphatic rings. The second kappa shape index (κ2) is 5.28. The average Bonchev–Trinajstić information content (AvgIpc) is 2.30.